The van der Waals surface area contributed by atoms with E-state index in [1.807, 2.05) is 24.3 Å². The number of aromatic nitrogens is 2. The molecule has 144 valence electrons. The molecule has 0 aliphatic rings. The highest BCUT2D eigenvalue weighted by atomic mass is 16.5. The monoisotopic (exact) mass is 384 g/mol. The minimum Gasteiger partial charge on any atom is -0.469 e. The van der Waals surface area contributed by atoms with Crippen molar-refractivity contribution in [2.24, 2.45) is 0 Å². The zero-order valence-electron chi connectivity index (χ0n) is 18.7. The van der Waals surface area contributed by atoms with Crippen LogP contribution in [0.25, 0.3) is 11.3 Å². The first kappa shape index (κ1) is 22.9. The number of nitrogens with two attached hydrogens (primary N) is 1. The number of anilines is 1. The van der Waals surface area contributed by atoms with Crippen molar-refractivity contribution < 1.29 is 9.53 Å². The Balaban J connectivity index is 2.57. The van der Waals surface area contributed by atoms with Gasteiger partial charge >= 0.3 is 5.97 Å². The Morgan fingerprint density at radius 2 is 1.69 bits per heavy atom. The van der Waals surface area contributed by atoms with E-state index in [1.165, 1.54) is 7.11 Å². The van der Waals surface area contributed by atoms with Crippen LogP contribution in [0.2, 0.25) is 10.2 Å². The van der Waals surface area contributed by atoms with Gasteiger partial charge in [-0.2, -0.15) is 10.4 Å². The van der Waals surface area contributed by atoms with E-state index < -0.39 is 0 Å². The van der Waals surface area contributed by atoms with E-state index in [0.29, 0.717) is 17.1 Å². The van der Waals surface area contributed by atoms with E-state index in [9.17, 15) is 10.1 Å². The molecule has 0 amide bonds. The number of rotatable bonds is 6. The summed E-state index contributed by atoms with van der Waals surface area (Å²) in [6, 6.07) is 9.67. The number of methoxy groups -OCH3 is 1. The maximum atomic E-state index is 11.8. The minimum atomic E-state index is -0.363. The number of benzene rings is 1. The molecule has 0 radical (unpaired) electrons. The predicted octanol–water partition coefficient (Wildman–Crippen LogP) is -3.23. The fourth-order valence-corrected chi connectivity index (χ4v) is 4.23. The summed E-state index contributed by atoms with van der Waals surface area (Å²) >= 11 is 0. The predicted molar refractivity (Wildman–Crippen MR) is 133 cm³/mol. The topological polar surface area (TPSA) is 93.9 Å². The van der Waals surface area contributed by atoms with Crippen LogP contribution in [0, 0.1) is 11.3 Å². The van der Waals surface area contributed by atoms with Gasteiger partial charge in [0, 0.05) is 11.6 Å². The standard InChI is InChI=1S/C17H26B6N4O2/c1-8(14(28)29-2)9-3-5-10(6-4-9)12-11(7-24)13(25)27(26-12)15(16(18,19)20)17(21,22)23/h3-6,8,15H,18-23,25H2,1-2H3. The molecule has 1 aromatic heterocycles. The maximum absolute atomic E-state index is 11.8. The summed E-state index contributed by atoms with van der Waals surface area (Å²) in [5, 5.41) is 14.3. The van der Waals surface area contributed by atoms with Crippen LogP contribution in [0.4, 0.5) is 5.82 Å². The molecule has 0 aliphatic carbocycles. The molecule has 0 spiro atoms. The molecule has 0 saturated heterocycles. The van der Waals surface area contributed by atoms with Crippen molar-refractivity contribution >= 4 is 58.9 Å². The first-order valence-corrected chi connectivity index (χ1v) is 9.79. The average Bonchev–Trinajstić information content (AvgIpc) is 2.94. The zero-order chi connectivity index (χ0) is 22.1. The number of nitrogens with zero attached hydrogens (tertiary/aromatic N) is 3. The number of hydrogen-bond acceptors (Lipinski definition) is 5. The van der Waals surface area contributed by atoms with Crippen molar-refractivity contribution in [2.45, 2.75) is 29.1 Å². The number of esters is 1. The van der Waals surface area contributed by atoms with E-state index in [0.717, 1.165) is 11.1 Å². The molecule has 0 aliphatic heterocycles. The second kappa shape index (κ2) is 8.14. The Bertz CT molecular complexity index is 927. The third-order valence-electron chi connectivity index (χ3n) is 5.18. The summed E-state index contributed by atoms with van der Waals surface area (Å²) in [7, 11) is 14.3. The summed E-state index contributed by atoms with van der Waals surface area (Å²) < 4.78 is 6.62. The van der Waals surface area contributed by atoms with Gasteiger partial charge < -0.3 is 10.5 Å². The number of hydrogen-bond donors (Lipinski definition) is 1. The van der Waals surface area contributed by atoms with Crippen molar-refractivity contribution in [3.05, 3.63) is 35.4 Å². The van der Waals surface area contributed by atoms with Gasteiger partial charge in [0.2, 0.25) is 0 Å². The number of nitrogen functional groups attached to an aromatic ring is 1. The van der Waals surface area contributed by atoms with Crippen molar-refractivity contribution in [2.75, 3.05) is 12.8 Å². The number of carbonyl (C=O) groups excluding carboxylic acids is 1. The molecular formula is C17H26B6N4O2. The molecule has 2 N–H and O–H groups in total. The van der Waals surface area contributed by atoms with Gasteiger partial charge in [0.15, 0.2) is 0 Å². The third-order valence-corrected chi connectivity index (χ3v) is 5.18. The van der Waals surface area contributed by atoms with Gasteiger partial charge in [0.1, 0.15) is 23.1 Å². The molecule has 0 fully saturated rings. The van der Waals surface area contributed by atoms with Crippen LogP contribution in [-0.4, -0.2) is 69.9 Å². The smallest absolute Gasteiger partial charge is 0.312 e. The summed E-state index contributed by atoms with van der Waals surface area (Å²) in [5.41, 5.74) is 8.96. The summed E-state index contributed by atoms with van der Waals surface area (Å²) in [6.45, 7) is 1.80. The highest BCUT2D eigenvalue weighted by molar-refractivity contribution is 6.64. The SMILES string of the molecule is BC(B)(B)C(n1nc(-c2ccc(C(C)C(=O)OC)cc2)c(C#N)c1N)C(B)(B)B. The molecule has 2 aromatic rings. The third kappa shape index (κ3) is 4.60. The van der Waals surface area contributed by atoms with Crippen LogP contribution < -0.4 is 5.73 Å². The van der Waals surface area contributed by atoms with Crippen molar-refractivity contribution in [3.8, 4) is 17.3 Å². The molecule has 0 bridgehead atoms. The quantitative estimate of drug-likeness (QED) is 0.418. The molecule has 2 rings (SSSR count). The van der Waals surface area contributed by atoms with E-state index in [2.05, 4.69) is 53.1 Å². The number of nitriles is 1. The Morgan fingerprint density at radius 1 is 1.17 bits per heavy atom. The van der Waals surface area contributed by atoms with E-state index in [1.54, 1.807) is 11.6 Å². The lowest BCUT2D eigenvalue weighted by Crippen LogP contribution is -2.39. The van der Waals surface area contributed by atoms with Crippen molar-refractivity contribution in [1.82, 2.24) is 9.78 Å². The van der Waals surface area contributed by atoms with Crippen LogP contribution in [0.1, 0.15) is 30.0 Å². The van der Waals surface area contributed by atoms with Crippen LogP contribution in [-0.2, 0) is 9.53 Å². The van der Waals surface area contributed by atoms with Gasteiger partial charge in [-0.1, -0.05) is 34.5 Å². The number of carbonyl (C=O) groups is 1. The Kier molecular flexibility index (Phi) is 6.42. The molecule has 1 unspecified atom stereocenters. The molecular weight excluding hydrogens is 357 g/mol. The Morgan fingerprint density at radius 3 is 2.10 bits per heavy atom. The molecule has 1 atom stereocenters. The van der Waals surface area contributed by atoms with Gasteiger partial charge in [0.05, 0.1) is 60.1 Å². The number of ether oxygens (including phenoxy) is 1. The largest absolute Gasteiger partial charge is 0.469 e. The average molecular weight is 383 g/mol. The second-order valence-corrected chi connectivity index (χ2v) is 9.67. The van der Waals surface area contributed by atoms with Crippen LogP contribution in [0.5, 0.6) is 0 Å². The molecule has 29 heavy (non-hydrogen) atoms. The van der Waals surface area contributed by atoms with Crippen molar-refractivity contribution in [3.63, 3.8) is 0 Å². The molecule has 1 heterocycles. The van der Waals surface area contributed by atoms with E-state index in [-0.39, 0.29) is 28.2 Å². The first-order valence-electron chi connectivity index (χ1n) is 9.79. The lowest BCUT2D eigenvalue weighted by molar-refractivity contribution is -0.141. The van der Waals surface area contributed by atoms with Crippen LogP contribution in [0.15, 0.2) is 24.3 Å². The van der Waals surface area contributed by atoms with Gasteiger partial charge in [-0.15, -0.1) is 0 Å². The summed E-state index contributed by atoms with van der Waals surface area (Å²) in [4.78, 5) is 11.8. The van der Waals surface area contributed by atoms with Crippen molar-refractivity contribution in [1.29, 1.82) is 5.26 Å². The maximum Gasteiger partial charge on any atom is 0.312 e. The Labute approximate surface area is 178 Å². The molecule has 6 nitrogen and oxygen atoms in total. The summed E-state index contributed by atoms with van der Waals surface area (Å²) in [5.74, 6) is -0.273. The molecule has 0 saturated carbocycles. The van der Waals surface area contributed by atoms with Gasteiger partial charge in [-0.25, -0.2) is 4.68 Å². The van der Waals surface area contributed by atoms with Gasteiger partial charge in [-0.3, -0.25) is 4.79 Å². The van der Waals surface area contributed by atoms with Gasteiger partial charge in [-0.05, 0) is 12.5 Å². The first-order chi connectivity index (χ1) is 13.3. The Hall–Kier alpha value is -2.42. The normalized spacial score (nSPS) is 13.0. The van der Waals surface area contributed by atoms with Crippen LogP contribution >= 0.6 is 0 Å². The summed E-state index contributed by atoms with van der Waals surface area (Å²) in [6.07, 6.45) is 0. The van der Waals surface area contributed by atoms with E-state index in [4.69, 9.17) is 15.6 Å². The highest BCUT2D eigenvalue weighted by Crippen LogP contribution is 2.44. The highest BCUT2D eigenvalue weighted by Gasteiger charge is 2.38. The molecule has 12 heteroatoms. The molecule has 1 aromatic carbocycles. The van der Waals surface area contributed by atoms with Crippen LogP contribution in [0.3, 0.4) is 0 Å². The van der Waals surface area contributed by atoms with E-state index >= 15 is 0 Å². The fourth-order valence-electron chi connectivity index (χ4n) is 4.23. The lowest BCUT2D eigenvalue weighted by atomic mass is 9.27. The fraction of sp³-hybridized carbons (Fsp3) is 0.353. The lowest BCUT2D eigenvalue weighted by Gasteiger charge is -2.42. The second-order valence-electron chi connectivity index (χ2n) is 9.67. The zero-order valence-corrected chi connectivity index (χ0v) is 18.7. The van der Waals surface area contributed by atoms with Gasteiger partial charge in [0.25, 0.3) is 0 Å². The minimum absolute atomic E-state index is 0.00512.